The smallest absolute Gasteiger partial charge is 0.339 e. The topological polar surface area (TPSA) is 58.6 Å². The van der Waals surface area contributed by atoms with Crippen molar-refractivity contribution >= 4 is 17.5 Å². The monoisotopic (exact) mass is 504 g/mol. The molecule has 5 nitrogen and oxygen atoms in total. The number of nitrogens with one attached hydrogen (secondary N) is 1. The number of rotatable bonds is 8. The van der Waals surface area contributed by atoms with E-state index in [1.807, 2.05) is 0 Å². The maximum atomic E-state index is 14.2. The molecule has 0 aliphatic carbocycles. The fourth-order valence-electron chi connectivity index (χ4n) is 2.24. The summed E-state index contributed by atoms with van der Waals surface area (Å²) in [5, 5.41) is 1.08. The number of hydrogen-bond donors (Lipinski definition) is 1. The number of carbonyl (C=O) groups is 2. The molecule has 1 aromatic carbocycles. The second-order valence-electron chi connectivity index (χ2n) is 6.29. The van der Waals surface area contributed by atoms with E-state index in [0.717, 1.165) is 29.6 Å². The van der Waals surface area contributed by atoms with Crippen LogP contribution in [0.25, 0.3) is 0 Å². The third-order valence-electron chi connectivity index (χ3n) is 4.09. The Morgan fingerprint density at radius 1 is 0.818 bits per heavy atom. The van der Waals surface area contributed by atoms with Crippen molar-refractivity contribution in [2.75, 3.05) is 18.4 Å². The molecule has 0 fully saturated rings. The lowest BCUT2D eigenvalue weighted by molar-refractivity contribution is -0.472. The molecule has 0 bridgehead atoms. The Kier molecular flexibility index (Phi) is 8.00. The zero-order chi connectivity index (χ0) is 26.0. The first-order valence-electron chi connectivity index (χ1n) is 8.74. The molecule has 0 aliphatic heterocycles. The van der Waals surface area contributed by atoms with E-state index in [2.05, 4.69) is 4.74 Å². The highest BCUT2D eigenvalue weighted by atomic mass is 19.4. The summed E-state index contributed by atoms with van der Waals surface area (Å²) in [7, 11) is 0. The Hall–Kier alpha value is -2.65. The predicted molar refractivity (Wildman–Crippen MR) is 89.3 cm³/mol. The molecule has 0 aromatic heterocycles. The van der Waals surface area contributed by atoms with Gasteiger partial charge in [0.05, 0.1) is 0 Å². The largest absolute Gasteiger partial charge is 0.462 e. The van der Waals surface area contributed by atoms with Crippen molar-refractivity contribution in [3.8, 4) is 0 Å². The van der Waals surface area contributed by atoms with Crippen LogP contribution < -0.4 is 5.32 Å². The quantitative estimate of drug-likeness (QED) is 0.499. The standard InChI is InChI=1S/C17H15F11N2O3/c1-3-30(4-2)11(31)9-5-7-10(8-6-9)29-12(32)13(18,15(21,22)23)33-17(27,28)14(19,20)16(24,25)26/h5-8H,3-4H2,1-2H3,(H,29,32)/t13-/m1/s1. The minimum atomic E-state index is -7.28. The summed E-state index contributed by atoms with van der Waals surface area (Å²) in [4.78, 5) is 25.1. The van der Waals surface area contributed by atoms with Gasteiger partial charge in [-0.3, -0.25) is 14.3 Å². The molecule has 188 valence electrons. The van der Waals surface area contributed by atoms with Crippen LogP contribution in [0.15, 0.2) is 24.3 Å². The lowest BCUT2D eigenvalue weighted by Crippen LogP contribution is -2.62. The number of ether oxygens (including phenoxy) is 1. The van der Waals surface area contributed by atoms with Crippen molar-refractivity contribution in [1.29, 1.82) is 0 Å². The Morgan fingerprint density at radius 2 is 1.27 bits per heavy atom. The van der Waals surface area contributed by atoms with E-state index in [1.54, 1.807) is 13.8 Å². The fourth-order valence-corrected chi connectivity index (χ4v) is 2.24. The number of amides is 2. The van der Waals surface area contributed by atoms with Crippen LogP contribution in [-0.4, -0.2) is 60.0 Å². The molecule has 0 heterocycles. The average Bonchev–Trinajstić information content (AvgIpc) is 2.67. The molecule has 0 radical (unpaired) electrons. The van der Waals surface area contributed by atoms with Crippen molar-refractivity contribution in [3.05, 3.63) is 29.8 Å². The summed E-state index contributed by atoms with van der Waals surface area (Å²) in [6.07, 6.45) is -21.1. The first-order chi connectivity index (χ1) is 14.7. The Balaban J connectivity index is 3.23. The minimum absolute atomic E-state index is 0.0494. The van der Waals surface area contributed by atoms with E-state index >= 15 is 0 Å². The van der Waals surface area contributed by atoms with Crippen LogP contribution in [-0.2, 0) is 9.53 Å². The van der Waals surface area contributed by atoms with Gasteiger partial charge in [0, 0.05) is 24.3 Å². The van der Waals surface area contributed by atoms with Gasteiger partial charge in [-0.1, -0.05) is 0 Å². The second-order valence-corrected chi connectivity index (χ2v) is 6.29. The lowest BCUT2D eigenvalue weighted by Gasteiger charge is -2.34. The lowest BCUT2D eigenvalue weighted by atomic mass is 10.1. The molecular weight excluding hydrogens is 489 g/mol. The number of halogens is 11. The molecule has 1 rings (SSSR count). The van der Waals surface area contributed by atoms with E-state index in [1.165, 1.54) is 4.90 Å². The number of alkyl halides is 11. The predicted octanol–water partition coefficient (Wildman–Crippen LogP) is 5.14. The number of anilines is 1. The molecule has 33 heavy (non-hydrogen) atoms. The van der Waals surface area contributed by atoms with Gasteiger partial charge in [-0.05, 0) is 38.1 Å². The van der Waals surface area contributed by atoms with Crippen molar-refractivity contribution in [2.24, 2.45) is 0 Å². The highest BCUT2D eigenvalue weighted by molar-refractivity contribution is 5.98. The van der Waals surface area contributed by atoms with Crippen LogP contribution in [0, 0.1) is 0 Å². The maximum absolute atomic E-state index is 14.2. The average molecular weight is 504 g/mol. The zero-order valence-corrected chi connectivity index (χ0v) is 16.6. The molecule has 16 heteroatoms. The van der Waals surface area contributed by atoms with Crippen LogP contribution in [0.3, 0.4) is 0 Å². The number of nitrogens with zero attached hydrogens (tertiary/aromatic N) is 1. The van der Waals surface area contributed by atoms with E-state index in [9.17, 15) is 57.9 Å². The third-order valence-corrected chi connectivity index (χ3v) is 4.09. The molecule has 0 saturated carbocycles. The molecule has 1 atom stereocenters. The third kappa shape index (κ3) is 5.65. The second kappa shape index (κ2) is 9.30. The summed E-state index contributed by atoms with van der Waals surface area (Å²) in [5.74, 6) is -17.3. The molecule has 0 unspecified atom stereocenters. The molecule has 1 aromatic rings. The molecular formula is C17H15F11N2O3. The van der Waals surface area contributed by atoms with Crippen LogP contribution in [0.1, 0.15) is 24.2 Å². The van der Waals surface area contributed by atoms with Gasteiger partial charge in [-0.25, -0.2) is 0 Å². The van der Waals surface area contributed by atoms with Gasteiger partial charge < -0.3 is 10.2 Å². The van der Waals surface area contributed by atoms with E-state index in [-0.39, 0.29) is 18.7 Å². The zero-order valence-electron chi connectivity index (χ0n) is 16.6. The molecule has 0 aliphatic rings. The Labute approximate surface area is 178 Å². The van der Waals surface area contributed by atoms with Gasteiger partial charge in [0.25, 0.3) is 11.8 Å². The Bertz CT molecular complexity index is 849. The highest BCUT2D eigenvalue weighted by Gasteiger charge is 2.79. The van der Waals surface area contributed by atoms with Crippen LogP contribution in [0.5, 0.6) is 0 Å². The number of benzene rings is 1. The molecule has 1 N–H and O–H groups in total. The van der Waals surface area contributed by atoms with Gasteiger partial charge in [-0.15, -0.1) is 0 Å². The molecule has 2 amide bonds. The molecule has 0 spiro atoms. The van der Waals surface area contributed by atoms with Gasteiger partial charge in [0.15, 0.2) is 0 Å². The van der Waals surface area contributed by atoms with Crippen molar-refractivity contribution in [2.45, 2.75) is 44.1 Å². The maximum Gasteiger partial charge on any atom is 0.462 e. The first-order valence-corrected chi connectivity index (χ1v) is 8.74. The number of carbonyl (C=O) groups excluding carboxylic acids is 2. The minimum Gasteiger partial charge on any atom is -0.339 e. The molecule has 0 saturated heterocycles. The van der Waals surface area contributed by atoms with Crippen molar-refractivity contribution in [3.63, 3.8) is 0 Å². The van der Waals surface area contributed by atoms with E-state index in [0.29, 0.717) is 0 Å². The summed E-state index contributed by atoms with van der Waals surface area (Å²) in [5.41, 5.74) is -0.802. The van der Waals surface area contributed by atoms with Gasteiger partial charge >= 0.3 is 30.2 Å². The first kappa shape index (κ1) is 28.4. The SMILES string of the molecule is CCN(CC)C(=O)c1ccc(NC(=O)[C@@](F)(OC(F)(F)C(F)(F)C(F)(F)F)C(F)(F)F)cc1. The summed E-state index contributed by atoms with van der Waals surface area (Å²) >= 11 is 0. The Morgan fingerprint density at radius 3 is 1.64 bits per heavy atom. The van der Waals surface area contributed by atoms with E-state index < -0.39 is 47.7 Å². The summed E-state index contributed by atoms with van der Waals surface area (Å²) in [6, 6.07) is 3.34. The van der Waals surface area contributed by atoms with Gasteiger partial charge in [0.2, 0.25) is 0 Å². The summed E-state index contributed by atoms with van der Waals surface area (Å²) in [6.45, 7) is 3.81. The van der Waals surface area contributed by atoms with Gasteiger partial charge in [-0.2, -0.15) is 48.3 Å². The van der Waals surface area contributed by atoms with Crippen LogP contribution in [0.4, 0.5) is 54.0 Å². The highest BCUT2D eigenvalue weighted by Crippen LogP contribution is 2.51. The van der Waals surface area contributed by atoms with Crippen LogP contribution in [0.2, 0.25) is 0 Å². The van der Waals surface area contributed by atoms with Crippen molar-refractivity contribution in [1.82, 2.24) is 4.90 Å². The van der Waals surface area contributed by atoms with E-state index in [4.69, 9.17) is 0 Å². The fraction of sp³-hybridized carbons (Fsp3) is 0.529. The van der Waals surface area contributed by atoms with Crippen molar-refractivity contribution < 1.29 is 62.6 Å². The van der Waals surface area contributed by atoms with Gasteiger partial charge in [0.1, 0.15) is 0 Å². The van der Waals surface area contributed by atoms with Crippen LogP contribution >= 0.6 is 0 Å². The summed E-state index contributed by atoms with van der Waals surface area (Å²) < 4.78 is 144. The normalized spacial score (nSPS) is 15.1. The number of hydrogen-bond acceptors (Lipinski definition) is 3.